The fourth-order valence-electron chi connectivity index (χ4n) is 3.50. The number of benzene rings is 2. The molecule has 0 amide bonds. The molecule has 32 heavy (non-hydrogen) atoms. The van der Waals surface area contributed by atoms with E-state index in [1.54, 1.807) is 12.1 Å². The van der Waals surface area contributed by atoms with Gasteiger partial charge in [-0.3, -0.25) is 30.3 Å². The Kier molecular flexibility index (Phi) is 6.18. The van der Waals surface area contributed by atoms with Crippen LogP contribution in [0, 0.1) is 53.0 Å². The van der Waals surface area contributed by atoms with Crippen molar-refractivity contribution in [2.45, 2.75) is 24.7 Å². The smallest absolute Gasteiger partial charge is 0.258 e. The Labute approximate surface area is 185 Å². The predicted octanol–water partition coefficient (Wildman–Crippen LogP) is 5.13. The number of hydrogen-bond donors (Lipinski definition) is 0. The normalized spacial score (nSPS) is 11.2. The van der Waals surface area contributed by atoms with Gasteiger partial charge in [0.1, 0.15) is 17.7 Å². The quantitative estimate of drug-likeness (QED) is 0.155. The SMILES string of the molecule is CCCCSc1cc2c(c([N+](=O)[O-])c1)-c1c(cc([N+](=O)[O-])cc1[N+](=O)[O-])C2=C(C#N)C#N. The Morgan fingerprint density at radius 3 is 1.97 bits per heavy atom. The third-order valence-corrected chi connectivity index (χ3v) is 5.89. The summed E-state index contributed by atoms with van der Waals surface area (Å²) in [5.74, 6) is 0.660. The number of unbranched alkanes of at least 4 members (excludes halogenated alkanes) is 1. The number of nitrogens with zero attached hydrogens (tertiary/aromatic N) is 5. The first-order valence-corrected chi connectivity index (χ1v) is 10.2. The van der Waals surface area contributed by atoms with Crippen molar-refractivity contribution in [2.24, 2.45) is 0 Å². The van der Waals surface area contributed by atoms with Crippen molar-refractivity contribution < 1.29 is 14.8 Å². The molecule has 2 aromatic rings. The molecule has 1 aliphatic carbocycles. The molecule has 0 heterocycles. The number of thioether (sulfide) groups is 1. The Morgan fingerprint density at radius 1 is 0.906 bits per heavy atom. The third-order valence-electron chi connectivity index (χ3n) is 4.83. The summed E-state index contributed by atoms with van der Waals surface area (Å²) in [6, 6.07) is 7.93. The summed E-state index contributed by atoms with van der Waals surface area (Å²) in [5, 5.41) is 54.0. The van der Waals surface area contributed by atoms with Crippen molar-refractivity contribution in [3.05, 3.63) is 71.3 Å². The Balaban J connectivity index is 2.49. The van der Waals surface area contributed by atoms with E-state index < -0.39 is 37.4 Å². The van der Waals surface area contributed by atoms with Crippen LogP contribution >= 0.6 is 11.8 Å². The summed E-state index contributed by atoms with van der Waals surface area (Å²) in [7, 11) is 0. The van der Waals surface area contributed by atoms with E-state index in [4.69, 9.17) is 0 Å². The van der Waals surface area contributed by atoms with Crippen molar-refractivity contribution in [2.75, 3.05) is 5.75 Å². The van der Waals surface area contributed by atoms with Crippen LogP contribution in [0.15, 0.2) is 34.7 Å². The second-order valence-electron chi connectivity index (χ2n) is 6.70. The number of nitro benzene ring substituents is 3. The van der Waals surface area contributed by atoms with Crippen molar-refractivity contribution in [1.82, 2.24) is 0 Å². The molecule has 0 unspecified atom stereocenters. The van der Waals surface area contributed by atoms with Crippen molar-refractivity contribution >= 4 is 34.4 Å². The van der Waals surface area contributed by atoms with Gasteiger partial charge >= 0.3 is 0 Å². The summed E-state index contributed by atoms with van der Waals surface area (Å²) in [6.45, 7) is 1.99. The Bertz CT molecular complexity index is 1290. The molecular formula is C20H13N5O6S. The van der Waals surface area contributed by atoms with E-state index in [1.165, 1.54) is 23.9 Å². The Hall–Kier alpha value is -4.29. The lowest BCUT2D eigenvalue weighted by Gasteiger charge is -2.07. The first-order valence-electron chi connectivity index (χ1n) is 9.22. The van der Waals surface area contributed by atoms with Gasteiger partial charge < -0.3 is 0 Å². The Morgan fingerprint density at radius 2 is 1.47 bits per heavy atom. The van der Waals surface area contributed by atoms with Crippen LogP contribution in [-0.2, 0) is 0 Å². The largest absolute Gasteiger partial charge is 0.284 e. The molecule has 0 N–H and O–H groups in total. The molecule has 0 saturated heterocycles. The molecule has 0 radical (unpaired) electrons. The summed E-state index contributed by atoms with van der Waals surface area (Å²) in [4.78, 5) is 33.1. The highest BCUT2D eigenvalue weighted by atomic mass is 32.2. The number of non-ortho nitro benzene ring substituents is 1. The number of hydrogen-bond acceptors (Lipinski definition) is 9. The average molecular weight is 451 g/mol. The van der Waals surface area contributed by atoms with Crippen LogP contribution in [0.3, 0.4) is 0 Å². The summed E-state index contributed by atoms with van der Waals surface area (Å²) in [5.41, 5.74) is -2.71. The molecule has 0 saturated carbocycles. The predicted molar refractivity (Wildman–Crippen MR) is 115 cm³/mol. The monoisotopic (exact) mass is 451 g/mol. The van der Waals surface area contributed by atoms with Gasteiger partial charge in [-0.1, -0.05) is 13.3 Å². The zero-order valence-electron chi connectivity index (χ0n) is 16.5. The van der Waals surface area contributed by atoms with Crippen LogP contribution in [-0.4, -0.2) is 20.5 Å². The van der Waals surface area contributed by atoms with E-state index >= 15 is 0 Å². The number of rotatable bonds is 7. The first kappa shape index (κ1) is 22.4. The number of fused-ring (bicyclic) bond motifs is 3. The molecular weight excluding hydrogens is 438 g/mol. The molecule has 0 fully saturated rings. The number of nitriles is 2. The lowest BCUT2D eigenvalue weighted by molar-refractivity contribution is -0.394. The van der Waals surface area contributed by atoms with Gasteiger partial charge in [0.25, 0.3) is 17.1 Å². The maximum Gasteiger partial charge on any atom is 0.284 e. The lowest BCUT2D eigenvalue weighted by atomic mass is 9.98. The highest BCUT2D eigenvalue weighted by molar-refractivity contribution is 7.99. The van der Waals surface area contributed by atoms with Crippen LogP contribution in [0.4, 0.5) is 17.1 Å². The molecule has 0 aliphatic heterocycles. The van der Waals surface area contributed by atoms with E-state index in [9.17, 15) is 40.9 Å². The van der Waals surface area contributed by atoms with Crippen molar-refractivity contribution in [3.8, 4) is 23.3 Å². The van der Waals surface area contributed by atoms with Crippen LogP contribution < -0.4 is 0 Å². The van der Waals surface area contributed by atoms with Crippen molar-refractivity contribution in [3.63, 3.8) is 0 Å². The van der Waals surface area contributed by atoms with Gasteiger partial charge in [0.15, 0.2) is 0 Å². The second-order valence-corrected chi connectivity index (χ2v) is 7.87. The molecule has 0 atom stereocenters. The third kappa shape index (κ3) is 3.75. The van der Waals surface area contributed by atoms with Gasteiger partial charge in [-0.05, 0) is 18.2 Å². The second kappa shape index (κ2) is 8.83. The van der Waals surface area contributed by atoms with E-state index in [0.717, 1.165) is 25.0 Å². The standard InChI is InChI=1S/C20H13N5O6S/c1-2-3-4-32-13-7-15-18(11(9-21)10-22)14-5-12(23(26)27)6-16(24(28)29)19(14)20(15)17(8-13)25(30)31/h5-8H,2-4H2,1H3. The van der Waals surface area contributed by atoms with E-state index in [-0.39, 0.29) is 27.8 Å². The number of nitro groups is 3. The molecule has 0 spiro atoms. The molecule has 0 aromatic heterocycles. The maximum atomic E-state index is 11.9. The zero-order valence-corrected chi connectivity index (χ0v) is 17.3. The molecule has 0 bridgehead atoms. The van der Waals surface area contributed by atoms with Gasteiger partial charge in [-0.15, -0.1) is 11.8 Å². The number of allylic oxidation sites excluding steroid dienone is 1. The fraction of sp³-hybridized carbons (Fsp3) is 0.200. The summed E-state index contributed by atoms with van der Waals surface area (Å²) >= 11 is 1.33. The summed E-state index contributed by atoms with van der Waals surface area (Å²) in [6.07, 6.45) is 1.75. The molecule has 12 heteroatoms. The minimum atomic E-state index is -0.870. The average Bonchev–Trinajstić information content (AvgIpc) is 3.07. The first-order chi connectivity index (χ1) is 15.2. The van der Waals surface area contributed by atoms with E-state index in [2.05, 4.69) is 0 Å². The van der Waals surface area contributed by atoms with Crippen LogP contribution in [0.25, 0.3) is 16.7 Å². The van der Waals surface area contributed by atoms with Crippen LogP contribution in [0.2, 0.25) is 0 Å². The summed E-state index contributed by atoms with van der Waals surface area (Å²) < 4.78 is 0. The minimum Gasteiger partial charge on any atom is -0.258 e. The molecule has 160 valence electrons. The molecule has 3 rings (SSSR count). The van der Waals surface area contributed by atoms with Gasteiger partial charge in [-0.25, -0.2) is 0 Å². The minimum absolute atomic E-state index is 0.0900. The fourth-order valence-corrected chi connectivity index (χ4v) is 4.56. The zero-order chi connectivity index (χ0) is 23.6. The van der Waals surface area contributed by atoms with Gasteiger partial charge in [0, 0.05) is 33.7 Å². The van der Waals surface area contributed by atoms with Crippen LogP contribution in [0.5, 0.6) is 0 Å². The van der Waals surface area contributed by atoms with E-state index in [1.807, 2.05) is 6.92 Å². The van der Waals surface area contributed by atoms with Gasteiger partial charge in [0.05, 0.1) is 32.0 Å². The lowest BCUT2D eigenvalue weighted by Crippen LogP contribution is -1.98. The topological polar surface area (TPSA) is 177 Å². The van der Waals surface area contributed by atoms with Crippen LogP contribution in [0.1, 0.15) is 30.9 Å². The van der Waals surface area contributed by atoms with Gasteiger partial charge in [-0.2, -0.15) is 10.5 Å². The van der Waals surface area contributed by atoms with E-state index in [0.29, 0.717) is 10.6 Å². The maximum absolute atomic E-state index is 11.9. The highest BCUT2D eigenvalue weighted by Crippen LogP contribution is 2.55. The highest BCUT2D eigenvalue weighted by Gasteiger charge is 2.40. The van der Waals surface area contributed by atoms with Crippen molar-refractivity contribution in [1.29, 1.82) is 10.5 Å². The van der Waals surface area contributed by atoms with Gasteiger partial charge in [0.2, 0.25) is 0 Å². The molecule has 11 nitrogen and oxygen atoms in total. The molecule has 1 aliphatic rings. The molecule has 2 aromatic carbocycles.